The van der Waals surface area contributed by atoms with Crippen molar-refractivity contribution < 1.29 is 22.7 Å². The molecule has 32 heavy (non-hydrogen) atoms. The van der Waals surface area contributed by atoms with Crippen LogP contribution in [0.2, 0.25) is 0 Å². The Balaban J connectivity index is 1.54. The smallest absolute Gasteiger partial charge is 0.309 e. The molecule has 170 valence electrons. The molecule has 0 radical (unpaired) electrons. The predicted octanol–water partition coefficient (Wildman–Crippen LogP) is 4.71. The van der Waals surface area contributed by atoms with Gasteiger partial charge in [0.25, 0.3) is 0 Å². The Morgan fingerprint density at radius 1 is 0.938 bits per heavy atom. The first-order chi connectivity index (χ1) is 15.3. The second-order valence-electron chi connectivity index (χ2n) is 9.96. The molecule has 4 bridgehead atoms. The van der Waals surface area contributed by atoms with E-state index in [1.165, 1.54) is 26.4 Å². The van der Waals surface area contributed by atoms with Crippen LogP contribution in [0.4, 0.5) is 0 Å². The van der Waals surface area contributed by atoms with Crippen molar-refractivity contribution in [3.63, 3.8) is 0 Å². The molecule has 0 amide bonds. The first kappa shape index (κ1) is 21.5. The molecule has 4 aliphatic rings. The van der Waals surface area contributed by atoms with Crippen LogP contribution in [0.3, 0.4) is 0 Å². The van der Waals surface area contributed by atoms with Gasteiger partial charge in [0, 0.05) is 5.56 Å². The van der Waals surface area contributed by atoms with Crippen LogP contribution in [0.25, 0.3) is 0 Å². The van der Waals surface area contributed by atoms with Gasteiger partial charge in [0.15, 0.2) is 0 Å². The number of benzene rings is 2. The maximum atomic E-state index is 13.6. The Morgan fingerprint density at radius 3 is 2.16 bits per heavy atom. The van der Waals surface area contributed by atoms with Crippen LogP contribution in [0.1, 0.15) is 49.7 Å². The molecule has 0 atom stereocenters. The summed E-state index contributed by atoms with van der Waals surface area (Å²) >= 11 is 0. The fourth-order valence-electron chi connectivity index (χ4n) is 6.91. The van der Waals surface area contributed by atoms with Crippen LogP contribution in [0.5, 0.6) is 5.75 Å². The Labute approximate surface area is 190 Å². The highest BCUT2D eigenvalue weighted by molar-refractivity contribution is 7.91. The van der Waals surface area contributed by atoms with E-state index in [4.69, 9.17) is 9.47 Å². The summed E-state index contributed by atoms with van der Waals surface area (Å²) in [6, 6.07) is 11.9. The number of ether oxygens (including phenoxy) is 2. The zero-order valence-electron chi connectivity index (χ0n) is 18.7. The van der Waals surface area contributed by atoms with E-state index in [-0.39, 0.29) is 16.7 Å². The molecular weight excluding hydrogens is 424 g/mol. The van der Waals surface area contributed by atoms with Crippen molar-refractivity contribution in [3.8, 4) is 5.75 Å². The highest BCUT2D eigenvalue weighted by Crippen LogP contribution is 2.62. The Bertz CT molecular complexity index is 1120. The SMILES string of the molecule is COC(=O)Cc1cccc(S(=O)(=O)c2ccc(OC)c(C34CC5CC(CC(C5)C3)C4)c2)c1. The summed E-state index contributed by atoms with van der Waals surface area (Å²) in [6.45, 7) is 0. The van der Waals surface area contributed by atoms with Gasteiger partial charge in [0.2, 0.25) is 9.84 Å². The molecule has 0 unspecified atom stereocenters. The van der Waals surface area contributed by atoms with Crippen molar-refractivity contribution >= 4 is 15.8 Å². The molecule has 2 aromatic rings. The molecule has 6 rings (SSSR count). The van der Waals surface area contributed by atoms with Gasteiger partial charge in [-0.1, -0.05) is 12.1 Å². The molecule has 4 fully saturated rings. The van der Waals surface area contributed by atoms with E-state index in [1.807, 2.05) is 12.1 Å². The summed E-state index contributed by atoms with van der Waals surface area (Å²) in [4.78, 5) is 12.1. The molecule has 2 aromatic carbocycles. The van der Waals surface area contributed by atoms with E-state index in [1.54, 1.807) is 37.4 Å². The molecule has 0 N–H and O–H groups in total. The lowest BCUT2D eigenvalue weighted by Crippen LogP contribution is -2.48. The number of hydrogen-bond acceptors (Lipinski definition) is 5. The maximum absolute atomic E-state index is 13.6. The molecule has 0 aromatic heterocycles. The van der Waals surface area contributed by atoms with E-state index in [0.29, 0.717) is 10.5 Å². The molecule has 4 aliphatic carbocycles. The van der Waals surface area contributed by atoms with E-state index >= 15 is 0 Å². The highest BCUT2D eigenvalue weighted by atomic mass is 32.2. The fourth-order valence-corrected chi connectivity index (χ4v) is 8.26. The molecule has 0 saturated heterocycles. The zero-order valence-corrected chi connectivity index (χ0v) is 19.5. The largest absolute Gasteiger partial charge is 0.496 e. The van der Waals surface area contributed by atoms with Crippen LogP contribution in [-0.4, -0.2) is 28.6 Å². The molecule has 0 spiro atoms. The predicted molar refractivity (Wildman–Crippen MR) is 120 cm³/mol. The van der Waals surface area contributed by atoms with Crippen LogP contribution in [0, 0.1) is 17.8 Å². The molecule has 0 heterocycles. The average Bonchev–Trinajstić information content (AvgIpc) is 2.78. The second-order valence-corrected chi connectivity index (χ2v) is 11.9. The number of sulfone groups is 1. The zero-order chi connectivity index (χ0) is 22.5. The lowest BCUT2D eigenvalue weighted by Gasteiger charge is -2.57. The van der Waals surface area contributed by atoms with Gasteiger partial charge in [-0.3, -0.25) is 4.79 Å². The summed E-state index contributed by atoms with van der Waals surface area (Å²) in [5, 5.41) is 0. The summed E-state index contributed by atoms with van der Waals surface area (Å²) < 4.78 is 37.6. The van der Waals surface area contributed by atoms with Crippen molar-refractivity contribution in [1.29, 1.82) is 0 Å². The third-order valence-corrected chi connectivity index (χ3v) is 9.62. The molecule has 4 saturated carbocycles. The number of carbonyl (C=O) groups is 1. The molecule has 6 heteroatoms. The Morgan fingerprint density at radius 2 is 1.56 bits per heavy atom. The summed E-state index contributed by atoms with van der Waals surface area (Å²) in [6.07, 6.45) is 7.42. The summed E-state index contributed by atoms with van der Waals surface area (Å²) in [7, 11) is -0.735. The van der Waals surface area contributed by atoms with Crippen LogP contribution < -0.4 is 4.74 Å². The van der Waals surface area contributed by atoms with E-state index in [0.717, 1.165) is 48.3 Å². The van der Waals surface area contributed by atoms with E-state index in [9.17, 15) is 13.2 Å². The van der Waals surface area contributed by atoms with Gasteiger partial charge < -0.3 is 9.47 Å². The van der Waals surface area contributed by atoms with Gasteiger partial charge >= 0.3 is 5.97 Å². The average molecular weight is 455 g/mol. The number of rotatable bonds is 6. The van der Waals surface area contributed by atoms with Crippen molar-refractivity contribution in [3.05, 3.63) is 53.6 Å². The molecular formula is C26H30O5S. The van der Waals surface area contributed by atoms with Crippen LogP contribution in [-0.2, 0) is 31.2 Å². The highest BCUT2D eigenvalue weighted by Gasteiger charge is 2.52. The van der Waals surface area contributed by atoms with Crippen molar-refractivity contribution in [2.75, 3.05) is 14.2 Å². The standard InChI is InChI=1S/C26H30O5S/c1-30-24-7-6-22(32(28,29)21-5-3-4-17(11-21)12-25(27)31-2)13-23(24)26-14-18-8-19(15-26)10-20(9-18)16-26/h3-7,11,13,18-20H,8-10,12,14-16H2,1-2H3. The van der Waals surface area contributed by atoms with Crippen LogP contribution in [0.15, 0.2) is 52.3 Å². The minimum atomic E-state index is -3.73. The van der Waals surface area contributed by atoms with E-state index in [2.05, 4.69) is 0 Å². The minimum absolute atomic E-state index is 0.0261. The lowest BCUT2D eigenvalue weighted by atomic mass is 9.48. The van der Waals surface area contributed by atoms with Gasteiger partial charge in [-0.05, 0) is 97.6 Å². The lowest BCUT2D eigenvalue weighted by molar-refractivity contribution is -0.139. The summed E-state index contributed by atoms with van der Waals surface area (Å²) in [5.74, 6) is 2.65. The van der Waals surface area contributed by atoms with Gasteiger partial charge in [0.1, 0.15) is 5.75 Å². The Hall–Kier alpha value is -2.34. The van der Waals surface area contributed by atoms with Gasteiger partial charge in [0.05, 0.1) is 30.4 Å². The molecule has 5 nitrogen and oxygen atoms in total. The van der Waals surface area contributed by atoms with Crippen molar-refractivity contribution in [2.24, 2.45) is 17.8 Å². The van der Waals surface area contributed by atoms with Crippen LogP contribution >= 0.6 is 0 Å². The van der Waals surface area contributed by atoms with Gasteiger partial charge in [-0.25, -0.2) is 8.42 Å². The van der Waals surface area contributed by atoms with Gasteiger partial charge in [-0.2, -0.15) is 0 Å². The quantitative estimate of drug-likeness (QED) is 0.591. The fraction of sp³-hybridized carbons (Fsp3) is 0.500. The number of methoxy groups -OCH3 is 2. The number of esters is 1. The molecule has 0 aliphatic heterocycles. The Kier molecular flexibility index (Phi) is 5.31. The van der Waals surface area contributed by atoms with E-state index < -0.39 is 15.8 Å². The van der Waals surface area contributed by atoms with Crippen molar-refractivity contribution in [2.45, 2.75) is 60.2 Å². The number of hydrogen-bond donors (Lipinski definition) is 0. The first-order valence-electron chi connectivity index (χ1n) is 11.4. The minimum Gasteiger partial charge on any atom is -0.496 e. The van der Waals surface area contributed by atoms with Gasteiger partial charge in [-0.15, -0.1) is 0 Å². The maximum Gasteiger partial charge on any atom is 0.309 e. The third kappa shape index (κ3) is 3.62. The topological polar surface area (TPSA) is 69.7 Å². The monoisotopic (exact) mass is 454 g/mol. The number of carbonyl (C=O) groups excluding carboxylic acids is 1. The van der Waals surface area contributed by atoms with Crippen molar-refractivity contribution in [1.82, 2.24) is 0 Å². The summed E-state index contributed by atoms with van der Waals surface area (Å²) in [5.41, 5.74) is 1.71. The first-order valence-corrected chi connectivity index (χ1v) is 12.9. The third-order valence-electron chi connectivity index (χ3n) is 7.88. The normalized spacial score (nSPS) is 28.5. The second kappa shape index (κ2) is 7.91.